The average Bonchev–Trinajstić information content (AvgIpc) is 2.86. The molecular weight excluding hydrogens is 532 g/mol. The number of nitrogens with two attached hydrogens (primary N) is 2. The van der Waals surface area contributed by atoms with Crippen LogP contribution in [0.4, 0.5) is 0 Å². The minimum absolute atomic E-state index is 0.0731. The fourth-order valence-electron chi connectivity index (χ4n) is 3.56. The third kappa shape index (κ3) is 19.1. The van der Waals surface area contributed by atoms with E-state index in [1.54, 1.807) is 6.26 Å². The van der Waals surface area contributed by atoms with Gasteiger partial charge >= 0.3 is 11.9 Å². The zero-order chi connectivity index (χ0) is 29.6. The SMILES string of the molecule is CCCCOCCOCCC(=O)CC(CCCN=C(N)N)C(=O)C[C@@H](CC(=O)O)C(=O)N[C@H](CSC)C(=O)O. The summed E-state index contributed by atoms with van der Waals surface area (Å²) in [5, 5.41) is 20.9. The number of ether oxygens (including phenoxy) is 2. The van der Waals surface area contributed by atoms with Crippen LogP contribution in [0.2, 0.25) is 0 Å². The smallest absolute Gasteiger partial charge is 0.327 e. The molecule has 14 heteroatoms. The normalized spacial score (nSPS) is 13.2. The van der Waals surface area contributed by atoms with Crippen LogP contribution in [0.25, 0.3) is 0 Å². The van der Waals surface area contributed by atoms with Crippen LogP contribution < -0.4 is 16.8 Å². The highest BCUT2D eigenvalue weighted by molar-refractivity contribution is 7.98. The van der Waals surface area contributed by atoms with Crippen LogP contribution >= 0.6 is 11.8 Å². The summed E-state index contributed by atoms with van der Waals surface area (Å²) in [7, 11) is 0. The molecule has 0 aromatic heterocycles. The molecule has 0 aromatic carbocycles. The Morgan fingerprint density at radius 1 is 0.923 bits per heavy atom. The second-order valence-electron chi connectivity index (χ2n) is 9.04. The third-order valence-electron chi connectivity index (χ3n) is 5.66. The maximum absolute atomic E-state index is 13.2. The van der Waals surface area contributed by atoms with E-state index in [0.29, 0.717) is 26.2 Å². The van der Waals surface area contributed by atoms with Gasteiger partial charge in [0.15, 0.2) is 5.96 Å². The number of aliphatic imine (C=N–C) groups is 1. The van der Waals surface area contributed by atoms with Crippen molar-refractivity contribution in [2.45, 2.75) is 64.3 Å². The highest BCUT2D eigenvalue weighted by atomic mass is 32.2. The van der Waals surface area contributed by atoms with Gasteiger partial charge in [-0.1, -0.05) is 13.3 Å². The van der Waals surface area contributed by atoms with E-state index in [1.807, 2.05) is 0 Å². The molecule has 0 aliphatic carbocycles. The summed E-state index contributed by atoms with van der Waals surface area (Å²) < 4.78 is 10.8. The number of rotatable bonds is 25. The lowest BCUT2D eigenvalue weighted by molar-refractivity contribution is -0.144. The number of carbonyl (C=O) groups excluding carboxylic acids is 3. The Labute approximate surface area is 233 Å². The molecule has 0 fully saturated rings. The molecule has 0 bridgehead atoms. The van der Waals surface area contributed by atoms with Crippen molar-refractivity contribution < 1.29 is 43.7 Å². The molecule has 0 aromatic rings. The fourth-order valence-corrected chi connectivity index (χ4v) is 4.12. The van der Waals surface area contributed by atoms with Crippen molar-refractivity contribution in [1.82, 2.24) is 5.32 Å². The van der Waals surface area contributed by atoms with Crippen LogP contribution in [-0.4, -0.2) is 96.6 Å². The molecule has 0 heterocycles. The number of carbonyl (C=O) groups is 5. The number of unbranched alkanes of at least 4 members (excludes halogenated alkanes) is 1. The Morgan fingerprint density at radius 3 is 2.15 bits per heavy atom. The molecule has 0 aliphatic rings. The predicted molar refractivity (Wildman–Crippen MR) is 148 cm³/mol. The number of carboxylic acid groups (broad SMARTS) is 2. The average molecular weight is 577 g/mol. The molecule has 224 valence electrons. The molecule has 1 unspecified atom stereocenters. The molecule has 3 atom stereocenters. The number of Topliss-reactive ketones (excluding diaryl/α,β-unsaturated/α-hetero) is 2. The van der Waals surface area contributed by atoms with Crippen molar-refractivity contribution in [3.8, 4) is 0 Å². The van der Waals surface area contributed by atoms with Crippen molar-refractivity contribution in [2.24, 2.45) is 28.3 Å². The second kappa shape index (κ2) is 22.1. The van der Waals surface area contributed by atoms with Crippen molar-refractivity contribution in [1.29, 1.82) is 0 Å². The zero-order valence-electron chi connectivity index (χ0n) is 22.9. The number of nitrogens with zero attached hydrogens (tertiary/aromatic N) is 1. The van der Waals surface area contributed by atoms with Crippen molar-refractivity contribution in [3.05, 3.63) is 0 Å². The maximum Gasteiger partial charge on any atom is 0.327 e. The standard InChI is InChI=1S/C25H44N4O9S/c1-3-4-9-37-11-12-38-10-7-19(30)13-17(6-5-8-28-25(26)27)21(31)14-18(15-22(32)33)23(34)29-20(16-39-2)24(35)36/h17-18,20H,3-16H2,1-2H3,(H,29,34)(H,32,33)(H,35,36)(H4,26,27,28)/t17?,18-,20+/m0/s1. The summed E-state index contributed by atoms with van der Waals surface area (Å²) in [5.41, 5.74) is 10.7. The molecule has 39 heavy (non-hydrogen) atoms. The van der Waals surface area contributed by atoms with Crippen LogP contribution in [0.3, 0.4) is 0 Å². The lowest BCUT2D eigenvalue weighted by Crippen LogP contribution is -2.46. The van der Waals surface area contributed by atoms with E-state index in [9.17, 15) is 34.2 Å². The van der Waals surface area contributed by atoms with Gasteiger partial charge in [0, 0.05) is 44.1 Å². The number of nitrogens with one attached hydrogen (secondary N) is 1. The molecule has 0 aliphatic heterocycles. The Balaban J connectivity index is 5.20. The van der Waals surface area contributed by atoms with E-state index < -0.39 is 54.3 Å². The summed E-state index contributed by atoms with van der Waals surface area (Å²) >= 11 is 1.20. The fraction of sp³-hybridized carbons (Fsp3) is 0.760. The number of ketones is 2. The maximum atomic E-state index is 13.2. The van der Waals surface area contributed by atoms with Crippen LogP contribution in [-0.2, 0) is 33.4 Å². The number of hydrogen-bond acceptors (Lipinski definition) is 9. The summed E-state index contributed by atoms with van der Waals surface area (Å²) in [6, 6.07) is -1.23. The molecule has 0 saturated carbocycles. The topological polar surface area (TPSA) is 221 Å². The van der Waals surface area contributed by atoms with Gasteiger partial charge in [0.2, 0.25) is 5.91 Å². The van der Waals surface area contributed by atoms with Gasteiger partial charge in [-0.25, -0.2) is 4.79 Å². The zero-order valence-corrected chi connectivity index (χ0v) is 23.7. The molecule has 7 N–H and O–H groups in total. The van der Waals surface area contributed by atoms with E-state index >= 15 is 0 Å². The highest BCUT2D eigenvalue weighted by Gasteiger charge is 2.31. The summed E-state index contributed by atoms with van der Waals surface area (Å²) in [6.45, 7) is 3.88. The number of guanidine groups is 1. The molecule has 13 nitrogen and oxygen atoms in total. The molecule has 0 saturated heterocycles. The largest absolute Gasteiger partial charge is 0.481 e. The minimum Gasteiger partial charge on any atom is -0.481 e. The first-order valence-electron chi connectivity index (χ1n) is 13.0. The van der Waals surface area contributed by atoms with Gasteiger partial charge in [-0.2, -0.15) is 11.8 Å². The van der Waals surface area contributed by atoms with Crippen LogP contribution in [0, 0.1) is 11.8 Å². The third-order valence-corrected chi connectivity index (χ3v) is 6.33. The minimum atomic E-state index is -1.31. The lowest BCUT2D eigenvalue weighted by Gasteiger charge is -2.21. The second-order valence-corrected chi connectivity index (χ2v) is 9.95. The molecule has 0 spiro atoms. The van der Waals surface area contributed by atoms with Crippen molar-refractivity contribution in [3.63, 3.8) is 0 Å². The van der Waals surface area contributed by atoms with E-state index in [2.05, 4.69) is 17.2 Å². The van der Waals surface area contributed by atoms with Gasteiger partial charge in [0.05, 0.1) is 32.2 Å². The number of carboxylic acids is 2. The number of hydrogen-bond donors (Lipinski definition) is 5. The molecule has 0 rings (SSSR count). The van der Waals surface area contributed by atoms with Gasteiger partial charge in [0.1, 0.15) is 17.6 Å². The number of amides is 1. The first-order chi connectivity index (χ1) is 18.5. The Hall–Kier alpha value is -2.71. The van der Waals surface area contributed by atoms with Gasteiger partial charge in [-0.05, 0) is 25.5 Å². The van der Waals surface area contributed by atoms with Crippen molar-refractivity contribution in [2.75, 3.05) is 45.0 Å². The number of aliphatic carboxylic acids is 2. The van der Waals surface area contributed by atoms with E-state index in [1.165, 1.54) is 11.8 Å². The summed E-state index contributed by atoms with van der Waals surface area (Å²) in [6.07, 6.45) is 3.16. The van der Waals surface area contributed by atoms with E-state index in [0.717, 1.165) is 12.8 Å². The van der Waals surface area contributed by atoms with E-state index in [4.69, 9.17) is 20.9 Å². The lowest BCUT2D eigenvalue weighted by atomic mass is 9.85. The first-order valence-corrected chi connectivity index (χ1v) is 14.4. The predicted octanol–water partition coefficient (Wildman–Crippen LogP) is 0.821. The van der Waals surface area contributed by atoms with Crippen molar-refractivity contribution >= 4 is 47.1 Å². The number of thioether (sulfide) groups is 1. The summed E-state index contributed by atoms with van der Waals surface area (Å²) in [4.78, 5) is 65.2. The monoisotopic (exact) mass is 576 g/mol. The Kier molecular flexibility index (Phi) is 20.6. The Morgan fingerprint density at radius 2 is 1.59 bits per heavy atom. The van der Waals surface area contributed by atoms with E-state index in [-0.39, 0.29) is 49.9 Å². The molecular formula is C25H44N4O9S. The molecule has 0 radical (unpaired) electrons. The van der Waals surface area contributed by atoms with Gasteiger partial charge in [-0.15, -0.1) is 0 Å². The van der Waals surface area contributed by atoms with Gasteiger partial charge in [0.25, 0.3) is 0 Å². The summed E-state index contributed by atoms with van der Waals surface area (Å²) in [5.74, 6) is -6.20. The van der Waals surface area contributed by atoms with Crippen LogP contribution in [0.1, 0.15) is 58.3 Å². The van der Waals surface area contributed by atoms with Gasteiger partial charge < -0.3 is 36.5 Å². The van der Waals surface area contributed by atoms with Gasteiger partial charge in [-0.3, -0.25) is 24.2 Å². The highest BCUT2D eigenvalue weighted by Crippen LogP contribution is 2.21. The first kappa shape index (κ1) is 36.3. The quantitative estimate of drug-likeness (QED) is 0.0579. The van der Waals surface area contributed by atoms with Crippen LogP contribution in [0.5, 0.6) is 0 Å². The molecule has 1 amide bonds. The van der Waals surface area contributed by atoms with Crippen LogP contribution in [0.15, 0.2) is 4.99 Å². The Bertz CT molecular complexity index is 806.